The average Bonchev–Trinajstić information content (AvgIpc) is 2.87. The molecule has 2 N–H and O–H groups in total. The van der Waals surface area contributed by atoms with Crippen LogP contribution in [0.4, 0.5) is 5.82 Å². The van der Waals surface area contributed by atoms with Crippen molar-refractivity contribution in [3.8, 4) is 0 Å². The predicted molar refractivity (Wildman–Crippen MR) is 59.7 cm³/mol. The number of hydrogen-bond acceptors (Lipinski definition) is 2. The highest BCUT2D eigenvalue weighted by Gasteiger charge is 2.14. The average molecular weight is 193 g/mol. The molecule has 1 unspecified atom stereocenters. The van der Waals surface area contributed by atoms with Crippen molar-refractivity contribution in [2.45, 2.75) is 12.8 Å². The number of H-pyrrole nitrogens is 1. The fourth-order valence-electron chi connectivity index (χ4n) is 2.02. The van der Waals surface area contributed by atoms with Gasteiger partial charge in [-0.1, -0.05) is 0 Å². The summed E-state index contributed by atoms with van der Waals surface area (Å²) in [5.74, 6) is 2.10. The molecule has 0 aliphatic carbocycles. The zero-order valence-corrected chi connectivity index (χ0v) is 8.79. The van der Waals surface area contributed by atoms with Crippen LogP contribution in [-0.4, -0.2) is 31.7 Å². The Bertz CT molecular complexity index is 250. The lowest BCUT2D eigenvalue weighted by molar-refractivity contribution is 0.533. The van der Waals surface area contributed by atoms with Crippen LogP contribution in [0.1, 0.15) is 12.8 Å². The van der Waals surface area contributed by atoms with E-state index in [1.54, 1.807) is 0 Å². The maximum atomic E-state index is 3.40. The molecule has 2 heterocycles. The van der Waals surface area contributed by atoms with Gasteiger partial charge in [0.15, 0.2) is 0 Å². The van der Waals surface area contributed by atoms with Gasteiger partial charge in [-0.2, -0.15) is 0 Å². The van der Waals surface area contributed by atoms with Crippen molar-refractivity contribution >= 4 is 5.82 Å². The normalized spacial score (nSPS) is 21.4. The molecule has 1 fully saturated rings. The van der Waals surface area contributed by atoms with E-state index < -0.39 is 0 Å². The van der Waals surface area contributed by atoms with Gasteiger partial charge in [-0.15, -0.1) is 0 Å². The van der Waals surface area contributed by atoms with Crippen LogP contribution in [-0.2, 0) is 0 Å². The van der Waals surface area contributed by atoms with E-state index in [4.69, 9.17) is 0 Å². The molecule has 1 aliphatic rings. The summed E-state index contributed by atoms with van der Waals surface area (Å²) in [6, 6.07) is 4.16. The molecule has 0 radical (unpaired) electrons. The van der Waals surface area contributed by atoms with Crippen LogP contribution in [0.5, 0.6) is 0 Å². The quantitative estimate of drug-likeness (QED) is 0.758. The predicted octanol–water partition coefficient (Wildman–Crippen LogP) is 1.45. The molecule has 1 saturated heterocycles. The number of aromatic nitrogens is 1. The lowest BCUT2D eigenvalue weighted by Gasteiger charge is -2.19. The van der Waals surface area contributed by atoms with Crippen LogP contribution < -0.4 is 10.2 Å². The van der Waals surface area contributed by atoms with Gasteiger partial charge in [0.2, 0.25) is 0 Å². The van der Waals surface area contributed by atoms with Gasteiger partial charge in [0.1, 0.15) is 5.82 Å². The van der Waals surface area contributed by atoms with E-state index in [2.05, 4.69) is 28.3 Å². The third-order valence-electron chi connectivity index (χ3n) is 3.03. The number of nitrogens with zero attached hydrogens (tertiary/aromatic N) is 1. The minimum atomic E-state index is 0.882. The lowest BCUT2D eigenvalue weighted by atomic mass is 10.1. The summed E-state index contributed by atoms with van der Waals surface area (Å²) < 4.78 is 0. The monoisotopic (exact) mass is 193 g/mol. The minimum Gasteiger partial charge on any atom is -0.361 e. The third-order valence-corrected chi connectivity index (χ3v) is 3.03. The molecule has 1 aliphatic heterocycles. The Morgan fingerprint density at radius 2 is 2.50 bits per heavy atom. The lowest BCUT2D eigenvalue weighted by Crippen LogP contribution is -2.22. The standard InChI is InChI=1S/C11H19N3/c1-14(11-3-2-6-13-11)8-5-10-4-7-12-9-10/h2-3,6,10,12-13H,4-5,7-9H2,1H3. The van der Waals surface area contributed by atoms with Gasteiger partial charge >= 0.3 is 0 Å². The van der Waals surface area contributed by atoms with Crippen molar-refractivity contribution in [1.82, 2.24) is 10.3 Å². The van der Waals surface area contributed by atoms with Gasteiger partial charge in [-0.3, -0.25) is 0 Å². The highest BCUT2D eigenvalue weighted by molar-refractivity contribution is 5.37. The van der Waals surface area contributed by atoms with Crippen molar-refractivity contribution in [2.75, 3.05) is 31.6 Å². The van der Waals surface area contributed by atoms with E-state index in [0.717, 1.165) is 12.5 Å². The summed E-state index contributed by atoms with van der Waals surface area (Å²) in [5, 5.41) is 3.40. The zero-order chi connectivity index (χ0) is 9.80. The van der Waals surface area contributed by atoms with E-state index >= 15 is 0 Å². The molecule has 14 heavy (non-hydrogen) atoms. The number of rotatable bonds is 4. The molecule has 3 heteroatoms. The van der Waals surface area contributed by atoms with Gasteiger partial charge in [-0.05, 0) is 44.0 Å². The van der Waals surface area contributed by atoms with Crippen molar-refractivity contribution < 1.29 is 0 Å². The molecular weight excluding hydrogens is 174 g/mol. The molecule has 0 bridgehead atoms. The summed E-state index contributed by atoms with van der Waals surface area (Å²) in [5.41, 5.74) is 0. The largest absolute Gasteiger partial charge is 0.361 e. The van der Waals surface area contributed by atoms with Crippen LogP contribution in [0, 0.1) is 5.92 Å². The highest BCUT2D eigenvalue weighted by Crippen LogP contribution is 2.15. The first-order valence-corrected chi connectivity index (χ1v) is 5.41. The summed E-state index contributed by atoms with van der Waals surface area (Å²) >= 11 is 0. The maximum absolute atomic E-state index is 3.40. The molecular formula is C11H19N3. The molecule has 1 atom stereocenters. The number of aromatic amines is 1. The Morgan fingerprint density at radius 3 is 3.14 bits per heavy atom. The molecule has 1 aromatic rings. The van der Waals surface area contributed by atoms with Crippen LogP contribution >= 0.6 is 0 Å². The second-order valence-corrected chi connectivity index (χ2v) is 4.12. The van der Waals surface area contributed by atoms with Gasteiger partial charge in [-0.25, -0.2) is 0 Å². The van der Waals surface area contributed by atoms with E-state index in [0.29, 0.717) is 0 Å². The zero-order valence-electron chi connectivity index (χ0n) is 8.79. The molecule has 0 spiro atoms. The summed E-state index contributed by atoms with van der Waals surface area (Å²) in [6.07, 6.45) is 4.62. The van der Waals surface area contributed by atoms with Crippen molar-refractivity contribution in [3.63, 3.8) is 0 Å². The smallest absolute Gasteiger partial charge is 0.105 e. The Kier molecular flexibility index (Phi) is 3.09. The summed E-state index contributed by atoms with van der Waals surface area (Å²) in [7, 11) is 2.15. The van der Waals surface area contributed by atoms with Crippen LogP contribution in [0.15, 0.2) is 18.3 Å². The number of hydrogen-bond donors (Lipinski definition) is 2. The Morgan fingerprint density at radius 1 is 1.57 bits per heavy atom. The minimum absolute atomic E-state index is 0.882. The molecule has 1 aromatic heterocycles. The van der Waals surface area contributed by atoms with Gasteiger partial charge < -0.3 is 15.2 Å². The Hall–Kier alpha value is -0.960. The van der Waals surface area contributed by atoms with Crippen LogP contribution in [0.25, 0.3) is 0 Å². The fourth-order valence-corrected chi connectivity index (χ4v) is 2.02. The second kappa shape index (κ2) is 4.51. The first kappa shape index (κ1) is 9.59. The van der Waals surface area contributed by atoms with Crippen molar-refractivity contribution in [1.29, 1.82) is 0 Å². The third kappa shape index (κ3) is 2.29. The Labute approximate surface area is 85.5 Å². The first-order chi connectivity index (χ1) is 6.86. The topological polar surface area (TPSA) is 31.1 Å². The summed E-state index contributed by atoms with van der Waals surface area (Å²) in [4.78, 5) is 5.51. The Balaban J connectivity index is 1.74. The van der Waals surface area contributed by atoms with Crippen LogP contribution in [0.3, 0.4) is 0 Å². The number of anilines is 1. The van der Waals surface area contributed by atoms with E-state index in [-0.39, 0.29) is 0 Å². The highest BCUT2D eigenvalue weighted by atomic mass is 15.2. The molecule has 78 valence electrons. The van der Waals surface area contributed by atoms with E-state index in [1.807, 2.05) is 12.3 Å². The van der Waals surface area contributed by atoms with Crippen LogP contribution in [0.2, 0.25) is 0 Å². The first-order valence-electron chi connectivity index (χ1n) is 5.41. The SMILES string of the molecule is CN(CCC1CCNC1)c1ccc[nH]1. The van der Waals surface area contributed by atoms with Crippen molar-refractivity contribution in [2.24, 2.45) is 5.92 Å². The maximum Gasteiger partial charge on any atom is 0.105 e. The van der Waals surface area contributed by atoms with Crippen molar-refractivity contribution in [3.05, 3.63) is 18.3 Å². The number of nitrogens with one attached hydrogen (secondary N) is 2. The van der Waals surface area contributed by atoms with E-state index in [9.17, 15) is 0 Å². The van der Waals surface area contributed by atoms with Gasteiger partial charge in [0.05, 0.1) is 0 Å². The van der Waals surface area contributed by atoms with Gasteiger partial charge in [0, 0.05) is 19.8 Å². The summed E-state index contributed by atoms with van der Waals surface area (Å²) in [6.45, 7) is 3.56. The second-order valence-electron chi connectivity index (χ2n) is 4.12. The molecule has 2 rings (SSSR count). The molecule has 0 aromatic carbocycles. The molecule has 0 amide bonds. The molecule has 3 nitrogen and oxygen atoms in total. The van der Waals surface area contributed by atoms with Gasteiger partial charge in [0.25, 0.3) is 0 Å². The fraction of sp³-hybridized carbons (Fsp3) is 0.636. The molecule has 0 saturated carbocycles. The van der Waals surface area contributed by atoms with E-state index in [1.165, 1.54) is 31.7 Å².